The molecule has 20 aromatic rings. The van der Waals surface area contributed by atoms with E-state index < -0.39 is 53.0 Å². The minimum atomic E-state index is -3.48. The number of anilines is 5. The number of fused-ring (bicyclic) bond motifs is 5. The van der Waals surface area contributed by atoms with E-state index in [1.165, 1.54) is 56.7 Å². The van der Waals surface area contributed by atoms with Crippen molar-refractivity contribution in [3.63, 3.8) is 0 Å². The van der Waals surface area contributed by atoms with Crippen LogP contribution in [-0.4, -0.2) is 94.9 Å². The second kappa shape index (κ2) is 48.4. The quantitative estimate of drug-likeness (QED) is 0.0168. The Morgan fingerprint density at radius 2 is 0.679 bits per heavy atom. The molecule has 4 unspecified atom stereocenters. The predicted molar refractivity (Wildman–Crippen MR) is 604 cm³/mol. The molecule has 0 fully saturated rings. The van der Waals surface area contributed by atoms with Crippen LogP contribution >= 0.6 is 125 Å². The van der Waals surface area contributed by atoms with Gasteiger partial charge in [-0.2, -0.15) is 5.26 Å². The van der Waals surface area contributed by atoms with Crippen LogP contribution < -0.4 is 28.7 Å². The molecule has 716 valence electrons. The minimum absolute atomic E-state index is 0.0448. The molecular weight excluding hydrogens is 2060 g/mol. The number of benzene rings is 5. The van der Waals surface area contributed by atoms with Gasteiger partial charge in [0.25, 0.3) is 0 Å². The maximum Gasteiger partial charge on any atom is 0.189 e. The van der Waals surface area contributed by atoms with Crippen LogP contribution in [0.25, 0.3) is 160 Å². The highest BCUT2D eigenvalue weighted by Crippen LogP contribution is 2.50. The van der Waals surface area contributed by atoms with E-state index in [0.29, 0.717) is 91.0 Å². The summed E-state index contributed by atoms with van der Waals surface area (Å²) in [5, 5.41) is 33.1. The minimum Gasteiger partial charge on any atom is -0.396 e. The first kappa shape index (κ1) is 102. The van der Waals surface area contributed by atoms with Crippen molar-refractivity contribution in [2.45, 2.75) is 113 Å². The number of hydrogen-bond donors (Lipinski definition) is 6. The lowest BCUT2D eigenvalue weighted by Crippen LogP contribution is -2.06. The Bertz CT molecular complexity index is 7710. The molecule has 0 aliphatic carbocycles. The fourth-order valence-corrected chi connectivity index (χ4v) is 33.1. The third kappa shape index (κ3) is 23.6. The van der Waals surface area contributed by atoms with Crippen molar-refractivity contribution in [3.8, 4) is 115 Å². The molecule has 0 saturated heterocycles. The monoisotopic (exact) mass is 2150 g/mol. The number of hydrogen-bond acceptors (Lipinski definition) is 29. The zero-order valence-corrected chi connectivity index (χ0v) is 89.3. The van der Waals surface area contributed by atoms with Gasteiger partial charge in [-0.25, -0.2) is 38.3 Å². The number of pyridine rings is 5. The van der Waals surface area contributed by atoms with Gasteiger partial charge in [-0.1, -0.05) is 210 Å². The number of aromatic nitrogens is 6. The van der Waals surface area contributed by atoms with Crippen LogP contribution in [0.3, 0.4) is 0 Å². The number of nitriles is 1. The molecule has 5 aromatic carbocycles. The molecule has 0 bridgehead atoms. The fraction of sp³-hybridized carbons (Fsp3) is 0.190. The fourth-order valence-electron chi connectivity index (χ4n) is 15.4. The van der Waals surface area contributed by atoms with Gasteiger partial charge >= 0.3 is 0 Å². The van der Waals surface area contributed by atoms with Crippen LogP contribution in [-0.2, 0) is 59.6 Å². The van der Waals surface area contributed by atoms with E-state index in [0.717, 1.165) is 218 Å². The van der Waals surface area contributed by atoms with E-state index in [1.807, 2.05) is 169 Å². The number of aliphatic hydroxyl groups is 1. The van der Waals surface area contributed by atoms with Crippen LogP contribution in [0.1, 0.15) is 90.5 Å². The largest absolute Gasteiger partial charge is 0.396 e. The molecule has 19 nitrogen and oxygen atoms in total. The van der Waals surface area contributed by atoms with E-state index in [9.17, 15) is 30.4 Å². The molecule has 35 heteroatoms. The molecule has 20 rings (SSSR count). The number of rotatable bonds is 32. The molecule has 15 heterocycles. The summed E-state index contributed by atoms with van der Waals surface area (Å²) in [5.74, 6) is 2.95. The van der Waals surface area contributed by atoms with E-state index in [2.05, 4.69) is 115 Å². The Morgan fingerprint density at radius 1 is 0.364 bits per heavy atom. The van der Waals surface area contributed by atoms with E-state index in [1.54, 1.807) is 51.5 Å². The molecule has 0 aliphatic heterocycles. The highest BCUT2D eigenvalue weighted by atomic mass is 35.5. The van der Waals surface area contributed by atoms with Gasteiger partial charge in [0.15, 0.2) is 9.84 Å². The lowest BCUT2D eigenvalue weighted by atomic mass is 10.0. The van der Waals surface area contributed by atoms with Gasteiger partial charge in [0.2, 0.25) is 0 Å². The molecule has 11 N–H and O–H groups in total. The number of halogens is 1. The number of nitrogen functional groups attached to an aromatic ring is 5. The number of aliphatic hydroxyl groups excluding tert-OH is 1. The average Bonchev–Trinajstić information content (AvgIpc) is 1.57. The second-order valence-corrected chi connectivity index (χ2v) is 51.4. The summed E-state index contributed by atoms with van der Waals surface area (Å²) < 4.78 is 80.0. The van der Waals surface area contributed by atoms with Crippen LogP contribution in [0.5, 0.6) is 0 Å². The lowest BCUT2D eigenvalue weighted by Gasteiger charge is -2.08. The molecule has 0 amide bonds. The number of unbranched alkanes of at least 4 members (excludes halogenated alkanes) is 5. The molecule has 0 aliphatic rings. The van der Waals surface area contributed by atoms with Crippen molar-refractivity contribution in [1.29, 1.82) is 5.26 Å². The molecule has 4 atom stereocenters. The maximum absolute atomic E-state index is 12.9. The van der Waals surface area contributed by atoms with Gasteiger partial charge in [0, 0.05) is 73.8 Å². The number of nitrogens with two attached hydrogens (primary N) is 5. The predicted octanol–water partition coefficient (Wildman–Crippen LogP) is 29.2. The summed E-state index contributed by atoms with van der Waals surface area (Å²) >= 11 is 20.8. The number of thiazole rings is 1. The number of thiophene rings is 9. The molecule has 0 saturated carbocycles. The van der Waals surface area contributed by atoms with E-state index >= 15 is 0 Å². The smallest absolute Gasteiger partial charge is 0.189 e. The summed E-state index contributed by atoms with van der Waals surface area (Å²) in [5.41, 5.74) is 50.3. The van der Waals surface area contributed by atoms with Crippen LogP contribution in [0.2, 0.25) is 0 Å². The van der Waals surface area contributed by atoms with E-state index in [-0.39, 0.29) is 22.3 Å². The van der Waals surface area contributed by atoms with Gasteiger partial charge in [-0.3, -0.25) is 16.8 Å². The van der Waals surface area contributed by atoms with Gasteiger partial charge in [0.1, 0.15) is 55.9 Å². The Kier molecular flexibility index (Phi) is 35.4. The van der Waals surface area contributed by atoms with Gasteiger partial charge in [0.05, 0.1) is 132 Å². The first-order valence-electron chi connectivity index (χ1n) is 45.0. The lowest BCUT2D eigenvalue weighted by molar-refractivity contribution is 0.282. The first-order chi connectivity index (χ1) is 68.2. The number of alkyl halides is 1. The van der Waals surface area contributed by atoms with Crippen molar-refractivity contribution in [2.75, 3.05) is 63.3 Å². The Balaban J connectivity index is 0.000000126. The zero-order valence-electron chi connectivity index (χ0n) is 76.3. The number of nitrogens with zero attached hydrogens (tertiary/aromatic N) is 7. The third-order valence-corrected chi connectivity index (χ3v) is 42.6. The molecule has 140 heavy (non-hydrogen) atoms. The SMILES string of the molecule is CCCCS(=O)(=O)c1sc2nc(-c3nccs3)cc(-c3ccc(CO)cc3)c2c1N.CCCCS(=O)c1sc2nc(-c3cccs3)cc(-c3ccccc3)c2c1N.CCCCS(=O)c1sc2nc(-c3cccs3)cc(-c3ccccc3)c2c1N.N#CCCCS(=O)c1sc2nc(-c3cccs3)cc(-c3ccccc3)c2c1N.Nc1c(S(=O)CCCCCl)sc2nc(-c3cccs3)cc(-c3ccccc3)c12. The number of sulfone groups is 1. The average molecular weight is 2160 g/mol. The van der Waals surface area contributed by atoms with Crippen molar-refractivity contribution < 1.29 is 30.4 Å². The molecule has 0 radical (unpaired) electrons. The summed E-state index contributed by atoms with van der Waals surface area (Å²) in [7, 11) is -8.01. The second-order valence-electron chi connectivity index (χ2n) is 32.0. The third-order valence-electron chi connectivity index (χ3n) is 22.4. The van der Waals surface area contributed by atoms with E-state index in [4.69, 9.17) is 70.5 Å². The topological polar surface area (TPSA) is 354 Å². The summed E-state index contributed by atoms with van der Waals surface area (Å²) in [6, 6.07) is 76.8. The van der Waals surface area contributed by atoms with Crippen molar-refractivity contribution in [1.82, 2.24) is 29.9 Å². The Hall–Kier alpha value is -10.6. The summed E-state index contributed by atoms with van der Waals surface area (Å²) in [6.45, 7) is 6.12. The van der Waals surface area contributed by atoms with Crippen molar-refractivity contribution in [3.05, 3.63) is 263 Å². The zero-order chi connectivity index (χ0) is 97.9. The van der Waals surface area contributed by atoms with Gasteiger partial charge in [-0.05, 0) is 176 Å². The Labute approximate surface area is 867 Å². The maximum atomic E-state index is 12.9. The van der Waals surface area contributed by atoms with Crippen LogP contribution in [0.15, 0.2) is 279 Å². The van der Waals surface area contributed by atoms with Crippen molar-refractivity contribution in [2.24, 2.45) is 0 Å². The Morgan fingerprint density at radius 3 is 0.986 bits per heavy atom. The first-order valence-corrected chi connectivity index (χ1v) is 60.9. The summed E-state index contributed by atoms with van der Waals surface area (Å²) in [4.78, 5) is 36.8. The van der Waals surface area contributed by atoms with Gasteiger partial charge in [-0.15, -0.1) is 125 Å². The standard InChI is InChI=1S/C21H19ClN2OS3.C21H21N3O3S3.C21H17N3OS3.2C21H20N2OS3/c22-10-4-5-12-28(25)21-19(23)18-15(14-7-2-1-3-8-14)13-16(24-20(18)27-21)17-9-6-11-26-17;1-2-3-10-30(26,27)21-18(22)17-15(14-6-4-13(12-25)5-7-14)11-16(24-20(17)29-21)19-23-8-9-28-19;22-10-4-5-12-28(25)21-19(23)18-15(14-7-2-1-3-8-14)13-16(24-20(18)27-21)17-9-6-11-26-17;2*1-2-3-12-27(24)21-19(22)18-15(14-8-5-4-6-9-14)13-16(23-20(18)26-21)17-10-7-11-25-17/h1-3,6-9,11,13H,4-5,10,12,23H2;4-9,11,25H,2-3,10,12,22H2,1H3;1-3,6-9,11,13H,4-5,12,23H2;2*4-11,13H,2-3,12,22H2,1H3. The van der Waals surface area contributed by atoms with Crippen LogP contribution in [0.4, 0.5) is 28.4 Å². The highest BCUT2D eigenvalue weighted by molar-refractivity contribution is 7.93. The van der Waals surface area contributed by atoms with Crippen LogP contribution in [0, 0.1) is 11.3 Å². The van der Waals surface area contributed by atoms with Gasteiger partial charge < -0.3 is 33.8 Å². The molecule has 0 spiro atoms. The molecular formula is C105H97ClN12O7S15. The highest BCUT2D eigenvalue weighted by Gasteiger charge is 2.30. The summed E-state index contributed by atoms with van der Waals surface area (Å²) in [6.07, 6.45) is 9.66. The van der Waals surface area contributed by atoms with Crippen molar-refractivity contribution >= 4 is 258 Å². The normalized spacial score (nSPS) is 12.3. The molecule has 15 aromatic heterocycles.